The largest absolute Gasteiger partial charge is 0.469 e. The van der Waals surface area contributed by atoms with Crippen LogP contribution in [0.25, 0.3) is 17.0 Å². The first-order valence-corrected chi connectivity index (χ1v) is 11.1. The van der Waals surface area contributed by atoms with Crippen LogP contribution in [0.2, 0.25) is 0 Å². The Morgan fingerprint density at radius 1 is 1.18 bits per heavy atom. The molecule has 0 unspecified atom stereocenters. The number of anilines is 1. The van der Waals surface area contributed by atoms with Gasteiger partial charge < -0.3 is 10.1 Å². The first kappa shape index (κ1) is 25.1. The molecule has 10 nitrogen and oxygen atoms in total. The first-order valence-electron chi connectivity index (χ1n) is 9.43. The maximum atomic E-state index is 13.3. The van der Waals surface area contributed by atoms with Gasteiger partial charge in [-0.15, -0.1) is 0 Å². The Kier molecular flexibility index (Phi) is 6.64. The zero-order chi connectivity index (χ0) is 25.3. The third-order valence-corrected chi connectivity index (χ3v) is 6.24. The number of nitrogens with one attached hydrogen (secondary N) is 2. The van der Waals surface area contributed by atoms with Crippen molar-refractivity contribution in [2.75, 3.05) is 24.7 Å². The molecule has 0 saturated heterocycles. The van der Waals surface area contributed by atoms with E-state index in [-0.39, 0.29) is 33.5 Å². The van der Waals surface area contributed by atoms with Gasteiger partial charge in [0.1, 0.15) is 17.0 Å². The minimum absolute atomic E-state index is 0.0310. The number of carbonyl (C=O) groups is 1. The fraction of sp³-hybridized carbons (Fsp3) is 0.333. The zero-order valence-electron chi connectivity index (χ0n) is 17.5. The van der Waals surface area contributed by atoms with E-state index < -0.39 is 40.5 Å². The molecule has 0 aliphatic heterocycles. The van der Waals surface area contributed by atoms with Crippen LogP contribution in [0.4, 0.5) is 32.6 Å². The first-order chi connectivity index (χ1) is 15.8. The quantitative estimate of drug-likeness (QED) is 0.470. The molecule has 16 heteroatoms. The molecular formula is C18H17F5N6O4S. The molecule has 2 N–H and O–H groups in total. The molecule has 0 atom stereocenters. The number of hydrogen-bond donors (Lipinski definition) is 2. The minimum atomic E-state index is -5.82. The second kappa shape index (κ2) is 9.00. The van der Waals surface area contributed by atoms with Crippen molar-refractivity contribution in [1.29, 1.82) is 0 Å². The summed E-state index contributed by atoms with van der Waals surface area (Å²) in [6, 6.07) is 1.82. The number of ether oxygens (including phenoxy) is 1. The number of hydrogen-bond acceptors (Lipinski definition) is 7. The van der Waals surface area contributed by atoms with Gasteiger partial charge >= 0.3 is 18.1 Å². The Bertz CT molecular complexity index is 1330. The molecule has 0 radical (unpaired) electrons. The van der Waals surface area contributed by atoms with Crippen molar-refractivity contribution in [2.24, 2.45) is 0 Å². The summed E-state index contributed by atoms with van der Waals surface area (Å²) in [7, 11) is -2.49. The normalized spacial score (nSPS) is 12.6. The molecule has 0 aliphatic rings. The molecule has 184 valence electrons. The van der Waals surface area contributed by atoms with Crippen molar-refractivity contribution in [3.8, 4) is 17.4 Å². The van der Waals surface area contributed by atoms with Crippen molar-refractivity contribution < 1.29 is 39.9 Å². The van der Waals surface area contributed by atoms with Gasteiger partial charge in [0, 0.05) is 19.4 Å². The Labute approximate surface area is 189 Å². The van der Waals surface area contributed by atoms with Crippen molar-refractivity contribution in [1.82, 2.24) is 24.7 Å². The van der Waals surface area contributed by atoms with Crippen molar-refractivity contribution >= 4 is 27.2 Å². The van der Waals surface area contributed by atoms with E-state index in [1.807, 2.05) is 0 Å². The van der Waals surface area contributed by atoms with Crippen molar-refractivity contribution in [2.45, 2.75) is 23.9 Å². The number of amides is 2. The van der Waals surface area contributed by atoms with E-state index in [0.29, 0.717) is 0 Å². The number of imidazole rings is 1. The second-order valence-corrected chi connectivity index (χ2v) is 8.96. The maximum Gasteiger partial charge on any atom is 0.456 e. The summed E-state index contributed by atoms with van der Waals surface area (Å²) in [6.07, 6.45) is -2.48. The molecule has 3 aromatic heterocycles. The summed E-state index contributed by atoms with van der Waals surface area (Å²) < 4.78 is 94.9. The number of fused-ring (bicyclic) bond motifs is 1. The van der Waals surface area contributed by atoms with E-state index in [0.717, 1.165) is 16.8 Å². The molecule has 2 amide bonds. The van der Waals surface area contributed by atoms with Crippen LogP contribution in [0, 0.1) is 0 Å². The van der Waals surface area contributed by atoms with E-state index in [4.69, 9.17) is 0 Å². The molecule has 0 fully saturated rings. The summed E-state index contributed by atoms with van der Waals surface area (Å²) in [6.45, 7) is -0.626. The van der Waals surface area contributed by atoms with Crippen LogP contribution >= 0.6 is 0 Å². The molecule has 34 heavy (non-hydrogen) atoms. The van der Waals surface area contributed by atoms with Crippen molar-refractivity contribution in [3.05, 3.63) is 30.7 Å². The molecule has 3 heterocycles. The Balaban J connectivity index is 2.11. The molecular weight excluding hydrogens is 491 g/mol. The summed E-state index contributed by atoms with van der Waals surface area (Å²) in [5.41, 5.74) is -0.324. The molecule has 0 aromatic carbocycles. The predicted molar refractivity (Wildman–Crippen MR) is 109 cm³/mol. The number of urea groups is 1. The lowest BCUT2D eigenvalue weighted by Crippen LogP contribution is -2.41. The van der Waals surface area contributed by atoms with Crippen LogP contribution in [0.15, 0.2) is 35.6 Å². The maximum absolute atomic E-state index is 13.3. The number of sulfone groups is 1. The Morgan fingerprint density at radius 3 is 2.50 bits per heavy atom. The van der Waals surface area contributed by atoms with Crippen LogP contribution in [0.3, 0.4) is 0 Å². The number of pyridine rings is 1. The monoisotopic (exact) mass is 508 g/mol. The third-order valence-electron chi connectivity index (χ3n) is 4.48. The second-order valence-electron chi connectivity index (χ2n) is 6.71. The van der Waals surface area contributed by atoms with Crippen LogP contribution in [-0.4, -0.2) is 65.3 Å². The van der Waals surface area contributed by atoms with E-state index in [2.05, 4.69) is 30.3 Å². The van der Waals surface area contributed by atoms with Gasteiger partial charge in [-0.3, -0.25) is 9.72 Å². The molecule has 3 rings (SSSR count). The average molecular weight is 508 g/mol. The van der Waals surface area contributed by atoms with E-state index >= 15 is 0 Å². The van der Waals surface area contributed by atoms with Gasteiger partial charge in [0.2, 0.25) is 5.88 Å². The number of rotatable bonds is 7. The lowest BCUT2D eigenvalue weighted by atomic mass is 10.3. The fourth-order valence-electron chi connectivity index (χ4n) is 2.69. The lowest BCUT2D eigenvalue weighted by molar-refractivity contribution is -0.290. The summed E-state index contributed by atoms with van der Waals surface area (Å²) in [5.74, 6) is -6.16. The number of alkyl halides is 5. The zero-order valence-corrected chi connectivity index (χ0v) is 18.3. The lowest BCUT2D eigenvalue weighted by Gasteiger charge is -2.19. The molecule has 0 saturated carbocycles. The van der Waals surface area contributed by atoms with Gasteiger partial charge in [0.25, 0.3) is 0 Å². The number of carbonyl (C=O) groups excluding carboxylic acids is 1. The topological polar surface area (TPSA) is 128 Å². The molecule has 0 spiro atoms. The van der Waals surface area contributed by atoms with E-state index in [1.54, 1.807) is 0 Å². The summed E-state index contributed by atoms with van der Waals surface area (Å²) >= 11 is 0. The van der Waals surface area contributed by atoms with E-state index in [9.17, 15) is 35.2 Å². The van der Waals surface area contributed by atoms with Gasteiger partial charge in [-0.2, -0.15) is 22.0 Å². The standard InChI is InChI=1S/C18H17F5N6O4S/c1-3-34(31,32)11-4-5-12(28-16(30)24-2)27-13(11)14-26-8-10-15(25-6-7-29(10)14)33-9-17(19,20)18(21,22)23/h4-8H,3,9H2,1-2H3,(H2,24,27,28,30). The van der Waals surface area contributed by atoms with Gasteiger partial charge in [-0.1, -0.05) is 6.92 Å². The highest BCUT2D eigenvalue weighted by Crippen LogP contribution is 2.36. The van der Waals surface area contributed by atoms with Gasteiger partial charge in [0.05, 0.1) is 16.8 Å². The van der Waals surface area contributed by atoms with E-state index in [1.165, 1.54) is 32.3 Å². The Morgan fingerprint density at radius 2 is 1.88 bits per heavy atom. The molecule has 3 aromatic rings. The number of halogens is 5. The summed E-state index contributed by atoms with van der Waals surface area (Å²) in [5, 5.41) is 4.68. The van der Waals surface area contributed by atoms with Crippen molar-refractivity contribution in [3.63, 3.8) is 0 Å². The highest BCUT2D eigenvalue weighted by atomic mass is 32.2. The highest BCUT2D eigenvalue weighted by molar-refractivity contribution is 7.91. The number of aromatic nitrogens is 4. The Hall–Kier alpha value is -3.56. The smallest absolute Gasteiger partial charge is 0.456 e. The van der Waals surface area contributed by atoms with Crippen LogP contribution in [-0.2, 0) is 9.84 Å². The highest BCUT2D eigenvalue weighted by Gasteiger charge is 2.58. The summed E-state index contributed by atoms with van der Waals surface area (Å²) in [4.78, 5) is 23.3. The van der Waals surface area contributed by atoms with Crippen LogP contribution in [0.5, 0.6) is 5.88 Å². The van der Waals surface area contributed by atoms with Crippen LogP contribution in [0.1, 0.15) is 6.92 Å². The van der Waals surface area contributed by atoms with Gasteiger partial charge in [-0.05, 0) is 12.1 Å². The van der Waals surface area contributed by atoms with Crippen LogP contribution < -0.4 is 15.4 Å². The molecule has 0 aliphatic carbocycles. The van der Waals surface area contributed by atoms with Gasteiger partial charge in [-0.25, -0.2) is 28.2 Å². The minimum Gasteiger partial charge on any atom is -0.469 e. The molecule has 0 bridgehead atoms. The predicted octanol–water partition coefficient (Wildman–Crippen LogP) is 2.91. The fourth-order valence-corrected chi connectivity index (χ4v) is 3.71. The SMILES string of the molecule is CCS(=O)(=O)c1ccc(NC(=O)NC)nc1-c1ncc2c(OCC(F)(F)C(F)(F)F)nccn12. The van der Waals surface area contributed by atoms with Gasteiger partial charge in [0.15, 0.2) is 22.3 Å². The third kappa shape index (κ3) is 4.85. The number of nitrogens with zero attached hydrogens (tertiary/aromatic N) is 4. The average Bonchev–Trinajstić information content (AvgIpc) is 3.21.